The van der Waals surface area contributed by atoms with Gasteiger partial charge in [0.05, 0.1) is 6.54 Å². The predicted molar refractivity (Wildman–Crippen MR) is 110 cm³/mol. The zero-order valence-electron chi connectivity index (χ0n) is 14.4. The fourth-order valence-corrected chi connectivity index (χ4v) is 1.96. The fraction of sp³-hybridized carbons (Fsp3) is 0.588. The number of guanidine groups is 1. The zero-order chi connectivity index (χ0) is 16.2. The minimum atomic E-state index is 0. The molecule has 0 spiro atoms. The average Bonchev–Trinajstić information content (AvgIpc) is 2.52. The van der Waals surface area contributed by atoms with Crippen LogP contribution < -0.4 is 16.4 Å². The third kappa shape index (κ3) is 10.4. The van der Waals surface area contributed by atoms with Crippen molar-refractivity contribution in [3.05, 3.63) is 30.3 Å². The molecule has 1 rings (SSSR count). The Morgan fingerprint density at radius 1 is 1.26 bits per heavy atom. The van der Waals surface area contributed by atoms with Crippen molar-refractivity contribution in [1.82, 2.24) is 5.32 Å². The van der Waals surface area contributed by atoms with Crippen molar-refractivity contribution >= 4 is 35.6 Å². The summed E-state index contributed by atoms with van der Waals surface area (Å²) in [7, 11) is 0. The molecule has 0 amide bonds. The summed E-state index contributed by atoms with van der Waals surface area (Å²) in [5, 5.41) is 6.63. The summed E-state index contributed by atoms with van der Waals surface area (Å²) in [5.41, 5.74) is 7.01. The molecule has 0 heterocycles. The monoisotopic (exact) mass is 434 g/mol. The fourth-order valence-electron chi connectivity index (χ4n) is 1.96. The molecule has 23 heavy (non-hydrogen) atoms. The highest BCUT2D eigenvalue weighted by atomic mass is 127. The van der Waals surface area contributed by atoms with E-state index in [9.17, 15) is 0 Å². The SMILES string of the molecule is CCOCCCNC(N)=NCC(Nc1ccccc1)C(C)C.I. The van der Waals surface area contributed by atoms with Gasteiger partial charge in [0.25, 0.3) is 0 Å². The summed E-state index contributed by atoms with van der Waals surface area (Å²) < 4.78 is 5.28. The molecule has 1 aromatic carbocycles. The molecular formula is C17H31IN4O. The first-order valence-corrected chi connectivity index (χ1v) is 8.06. The van der Waals surface area contributed by atoms with Crippen molar-refractivity contribution in [2.75, 3.05) is 31.6 Å². The molecular weight excluding hydrogens is 403 g/mol. The molecule has 6 heteroatoms. The number of anilines is 1. The number of nitrogens with two attached hydrogens (primary N) is 1. The Morgan fingerprint density at radius 3 is 2.57 bits per heavy atom. The topological polar surface area (TPSA) is 71.7 Å². The Balaban J connectivity index is 0.00000484. The molecule has 132 valence electrons. The van der Waals surface area contributed by atoms with Gasteiger partial charge in [-0.15, -0.1) is 24.0 Å². The van der Waals surface area contributed by atoms with Crippen molar-refractivity contribution in [1.29, 1.82) is 0 Å². The van der Waals surface area contributed by atoms with Crippen molar-refractivity contribution in [3.8, 4) is 0 Å². The molecule has 4 N–H and O–H groups in total. The predicted octanol–water partition coefficient (Wildman–Crippen LogP) is 3.07. The molecule has 0 saturated carbocycles. The Morgan fingerprint density at radius 2 is 1.96 bits per heavy atom. The smallest absolute Gasteiger partial charge is 0.188 e. The number of aliphatic imine (C=N–C) groups is 1. The van der Waals surface area contributed by atoms with Crippen LogP contribution in [0.1, 0.15) is 27.2 Å². The van der Waals surface area contributed by atoms with Gasteiger partial charge in [-0.25, -0.2) is 0 Å². The van der Waals surface area contributed by atoms with Crippen LogP contribution in [0.4, 0.5) is 5.69 Å². The van der Waals surface area contributed by atoms with Crippen molar-refractivity contribution < 1.29 is 4.74 Å². The van der Waals surface area contributed by atoms with E-state index in [1.165, 1.54) is 0 Å². The second-order valence-corrected chi connectivity index (χ2v) is 5.56. The summed E-state index contributed by atoms with van der Waals surface area (Å²) in [6.07, 6.45) is 0.930. The first-order chi connectivity index (χ1) is 10.6. The number of para-hydroxylation sites is 1. The van der Waals surface area contributed by atoms with Gasteiger partial charge in [0, 0.05) is 31.5 Å². The van der Waals surface area contributed by atoms with Gasteiger partial charge in [-0.3, -0.25) is 4.99 Å². The first-order valence-electron chi connectivity index (χ1n) is 8.06. The molecule has 1 unspecified atom stereocenters. The lowest BCUT2D eigenvalue weighted by molar-refractivity contribution is 0.145. The van der Waals surface area contributed by atoms with E-state index < -0.39 is 0 Å². The number of ether oxygens (including phenoxy) is 1. The molecule has 0 aliphatic carbocycles. The van der Waals surface area contributed by atoms with Crippen LogP contribution in [0.3, 0.4) is 0 Å². The van der Waals surface area contributed by atoms with Gasteiger partial charge in [-0.2, -0.15) is 0 Å². The number of nitrogens with one attached hydrogen (secondary N) is 2. The molecule has 0 bridgehead atoms. The van der Waals surface area contributed by atoms with Crippen LogP contribution in [-0.4, -0.2) is 38.3 Å². The van der Waals surface area contributed by atoms with Crippen LogP contribution in [0.5, 0.6) is 0 Å². The highest BCUT2D eigenvalue weighted by Crippen LogP contribution is 2.12. The van der Waals surface area contributed by atoms with Crippen LogP contribution in [0.25, 0.3) is 0 Å². The summed E-state index contributed by atoms with van der Waals surface area (Å²) in [6, 6.07) is 10.4. The number of rotatable bonds is 10. The van der Waals surface area contributed by atoms with Crippen molar-refractivity contribution in [2.45, 2.75) is 33.2 Å². The normalized spacial score (nSPS) is 12.6. The highest BCUT2D eigenvalue weighted by molar-refractivity contribution is 14.0. The van der Waals surface area contributed by atoms with E-state index >= 15 is 0 Å². The first kappa shape index (κ1) is 22.0. The highest BCUT2D eigenvalue weighted by Gasteiger charge is 2.12. The number of hydrogen-bond donors (Lipinski definition) is 3. The summed E-state index contributed by atoms with van der Waals surface area (Å²) in [6.45, 7) is 9.30. The Kier molecular flexibility index (Phi) is 12.8. The number of hydrogen-bond acceptors (Lipinski definition) is 3. The molecule has 0 aromatic heterocycles. The van der Waals surface area contributed by atoms with Gasteiger partial charge in [0.15, 0.2) is 5.96 Å². The lowest BCUT2D eigenvalue weighted by Crippen LogP contribution is -2.35. The van der Waals surface area contributed by atoms with Gasteiger partial charge < -0.3 is 21.1 Å². The maximum atomic E-state index is 5.90. The molecule has 0 saturated heterocycles. The van der Waals surface area contributed by atoms with E-state index in [0.717, 1.165) is 31.9 Å². The average molecular weight is 434 g/mol. The number of halogens is 1. The Labute approximate surface area is 157 Å². The Bertz CT molecular complexity index is 426. The van der Waals surface area contributed by atoms with Crippen molar-refractivity contribution in [2.24, 2.45) is 16.6 Å². The molecule has 0 radical (unpaired) electrons. The lowest BCUT2D eigenvalue weighted by atomic mass is 10.0. The molecule has 1 atom stereocenters. The largest absolute Gasteiger partial charge is 0.382 e. The minimum Gasteiger partial charge on any atom is -0.382 e. The zero-order valence-corrected chi connectivity index (χ0v) is 16.7. The quantitative estimate of drug-likeness (QED) is 0.229. The van der Waals surface area contributed by atoms with Gasteiger partial charge >= 0.3 is 0 Å². The van der Waals surface area contributed by atoms with E-state index in [2.05, 4.69) is 41.6 Å². The maximum Gasteiger partial charge on any atom is 0.188 e. The molecule has 0 fully saturated rings. The van der Waals surface area contributed by atoms with Crippen molar-refractivity contribution in [3.63, 3.8) is 0 Å². The van der Waals surface area contributed by atoms with Gasteiger partial charge in [0.2, 0.25) is 0 Å². The minimum absolute atomic E-state index is 0. The van der Waals surface area contributed by atoms with Gasteiger partial charge in [0.1, 0.15) is 0 Å². The van der Waals surface area contributed by atoms with E-state index in [1.54, 1.807) is 0 Å². The van der Waals surface area contributed by atoms with E-state index in [0.29, 0.717) is 18.4 Å². The van der Waals surface area contributed by atoms with E-state index in [1.807, 2.05) is 25.1 Å². The molecule has 0 aliphatic rings. The van der Waals surface area contributed by atoms with Crippen LogP contribution in [0.2, 0.25) is 0 Å². The second-order valence-electron chi connectivity index (χ2n) is 5.56. The number of benzene rings is 1. The third-order valence-electron chi connectivity index (χ3n) is 3.36. The summed E-state index contributed by atoms with van der Waals surface area (Å²) in [4.78, 5) is 4.44. The van der Waals surface area contributed by atoms with Gasteiger partial charge in [-0.1, -0.05) is 32.0 Å². The molecule has 0 aliphatic heterocycles. The van der Waals surface area contributed by atoms with Gasteiger partial charge in [-0.05, 0) is 31.4 Å². The second kappa shape index (κ2) is 13.4. The van der Waals surface area contributed by atoms with Crippen LogP contribution in [0.15, 0.2) is 35.3 Å². The van der Waals surface area contributed by atoms with E-state index in [4.69, 9.17) is 10.5 Å². The molecule has 1 aromatic rings. The maximum absolute atomic E-state index is 5.90. The van der Waals surface area contributed by atoms with Crippen LogP contribution in [-0.2, 0) is 4.74 Å². The third-order valence-corrected chi connectivity index (χ3v) is 3.36. The van der Waals surface area contributed by atoms with Crippen LogP contribution in [0, 0.1) is 5.92 Å². The standard InChI is InChI=1S/C17H30N4O.HI/c1-4-22-12-8-11-19-17(18)20-13-16(14(2)3)21-15-9-6-5-7-10-15;/h5-7,9-10,14,16,21H,4,8,11-13H2,1-3H3,(H3,18,19,20);1H. The van der Waals surface area contributed by atoms with E-state index in [-0.39, 0.29) is 30.0 Å². The van der Waals surface area contributed by atoms with Crippen LogP contribution >= 0.6 is 24.0 Å². The number of nitrogens with zero attached hydrogens (tertiary/aromatic N) is 1. The summed E-state index contributed by atoms with van der Waals surface area (Å²) in [5.74, 6) is 0.965. The lowest BCUT2D eigenvalue weighted by Gasteiger charge is -2.22. The summed E-state index contributed by atoms with van der Waals surface area (Å²) >= 11 is 0. The molecule has 5 nitrogen and oxygen atoms in total. The Hall–Kier alpha value is -1.02.